The van der Waals surface area contributed by atoms with Crippen molar-refractivity contribution in [1.29, 1.82) is 0 Å². The highest BCUT2D eigenvalue weighted by atomic mass is 16.3. The third-order valence-electron chi connectivity index (χ3n) is 5.04. The number of aliphatic hydroxyl groups is 1. The number of allylic oxidation sites excluding steroid dienone is 1. The summed E-state index contributed by atoms with van der Waals surface area (Å²) in [5.74, 6) is -0.615. The first-order chi connectivity index (χ1) is 12.4. The van der Waals surface area contributed by atoms with Gasteiger partial charge in [0.25, 0.3) is 5.91 Å². The fourth-order valence-electron chi connectivity index (χ4n) is 3.36. The maximum atomic E-state index is 13.0. The Hall–Kier alpha value is -2.67. The predicted molar refractivity (Wildman–Crippen MR) is 96.5 cm³/mol. The van der Waals surface area contributed by atoms with Crippen molar-refractivity contribution in [3.63, 3.8) is 0 Å². The van der Waals surface area contributed by atoms with E-state index in [1.165, 1.54) is 0 Å². The number of nitrogens with one attached hydrogen (secondary N) is 1. The average molecular weight is 357 g/mol. The number of rotatable bonds is 5. The highest BCUT2D eigenvalue weighted by molar-refractivity contribution is 6.05. The second-order valence-electron chi connectivity index (χ2n) is 6.92. The van der Waals surface area contributed by atoms with E-state index in [9.17, 15) is 14.4 Å². The van der Waals surface area contributed by atoms with Crippen LogP contribution >= 0.6 is 0 Å². The molecule has 1 unspecified atom stereocenters. The normalized spacial score (nSPS) is 20.4. The van der Waals surface area contributed by atoms with Crippen LogP contribution in [-0.4, -0.2) is 54.0 Å². The monoisotopic (exact) mass is 357 g/mol. The molecule has 1 aromatic rings. The second kappa shape index (κ2) is 7.29. The molecule has 2 saturated heterocycles. The molecular weight excluding hydrogens is 334 g/mol. The number of hydrogen-bond acceptors (Lipinski definition) is 5. The van der Waals surface area contributed by atoms with Crippen LogP contribution < -0.4 is 10.2 Å². The summed E-state index contributed by atoms with van der Waals surface area (Å²) in [7, 11) is 0. The van der Waals surface area contributed by atoms with Gasteiger partial charge in [-0.1, -0.05) is 12.6 Å². The summed E-state index contributed by atoms with van der Waals surface area (Å²) in [6.07, 6.45) is 1.33. The first-order valence-electron chi connectivity index (χ1n) is 8.67. The van der Waals surface area contributed by atoms with Gasteiger partial charge in [0.1, 0.15) is 6.04 Å². The molecule has 1 aromatic carbocycles. The number of amides is 3. The van der Waals surface area contributed by atoms with Gasteiger partial charge < -0.3 is 15.3 Å². The quantitative estimate of drug-likeness (QED) is 0.762. The fraction of sp³-hybridized carbons (Fsp3) is 0.421. The van der Waals surface area contributed by atoms with E-state index in [4.69, 9.17) is 5.11 Å². The molecule has 3 rings (SSSR count). The number of carbonyl (C=O) groups excluding carboxylic acids is 3. The van der Waals surface area contributed by atoms with Gasteiger partial charge in [0.15, 0.2) is 0 Å². The Bertz CT molecular complexity index is 755. The summed E-state index contributed by atoms with van der Waals surface area (Å²) in [6, 6.07) is 4.68. The highest BCUT2D eigenvalue weighted by Gasteiger charge is 2.34. The molecule has 0 saturated carbocycles. The van der Waals surface area contributed by atoms with Gasteiger partial charge in [-0.15, -0.1) is 0 Å². The number of aryl methyl sites for hydroxylation is 1. The average Bonchev–Trinajstić information content (AvgIpc) is 2.57. The minimum absolute atomic E-state index is 0.148. The molecule has 0 aliphatic carbocycles. The summed E-state index contributed by atoms with van der Waals surface area (Å²) >= 11 is 0. The van der Waals surface area contributed by atoms with Crippen LogP contribution in [0.15, 0.2) is 30.5 Å². The number of carbonyl (C=O) groups is 3. The first kappa shape index (κ1) is 18.1. The predicted octanol–water partition coefficient (Wildman–Crippen LogP) is 0.814. The molecule has 2 N–H and O–H groups in total. The van der Waals surface area contributed by atoms with Crippen LogP contribution in [0.3, 0.4) is 0 Å². The topological polar surface area (TPSA) is 90.0 Å². The van der Waals surface area contributed by atoms with Crippen LogP contribution in [0.5, 0.6) is 0 Å². The van der Waals surface area contributed by atoms with E-state index in [0.29, 0.717) is 30.5 Å². The lowest BCUT2D eigenvalue weighted by Crippen LogP contribution is -2.51. The number of imide groups is 1. The summed E-state index contributed by atoms with van der Waals surface area (Å²) in [4.78, 5) is 39.8. The van der Waals surface area contributed by atoms with Gasteiger partial charge in [-0.3, -0.25) is 19.3 Å². The molecule has 0 aromatic heterocycles. The number of piperidine rings is 1. The van der Waals surface area contributed by atoms with Crippen LogP contribution in [0.4, 0.5) is 5.69 Å². The van der Waals surface area contributed by atoms with Gasteiger partial charge in [0.2, 0.25) is 12.3 Å². The SMILES string of the molecule is C=C1CCC(N(C=O)C(=O)c2cc(N3CC(CO)C3)ccc2C)C(=O)N1. The second-order valence-corrected chi connectivity index (χ2v) is 6.92. The van der Waals surface area contributed by atoms with E-state index in [0.717, 1.165) is 29.2 Å². The zero-order valence-corrected chi connectivity index (χ0v) is 14.8. The summed E-state index contributed by atoms with van der Waals surface area (Å²) in [5, 5.41) is 11.8. The van der Waals surface area contributed by atoms with Crippen LogP contribution in [0, 0.1) is 12.8 Å². The molecule has 2 aliphatic heterocycles. The third kappa shape index (κ3) is 3.35. The Morgan fingerprint density at radius 2 is 2.19 bits per heavy atom. The van der Waals surface area contributed by atoms with Crippen LogP contribution in [0.1, 0.15) is 28.8 Å². The highest BCUT2D eigenvalue weighted by Crippen LogP contribution is 2.27. The van der Waals surface area contributed by atoms with Crippen molar-refractivity contribution in [2.24, 2.45) is 5.92 Å². The van der Waals surface area contributed by atoms with E-state index < -0.39 is 11.9 Å². The number of aliphatic hydroxyl groups excluding tert-OH is 1. The molecule has 26 heavy (non-hydrogen) atoms. The van der Waals surface area contributed by atoms with Gasteiger partial charge in [-0.05, 0) is 37.5 Å². The Labute approximate surface area is 152 Å². The molecule has 7 nitrogen and oxygen atoms in total. The van der Waals surface area contributed by atoms with Crippen LogP contribution in [-0.2, 0) is 9.59 Å². The molecule has 0 radical (unpaired) electrons. The lowest BCUT2D eigenvalue weighted by atomic mass is 9.97. The summed E-state index contributed by atoms with van der Waals surface area (Å²) < 4.78 is 0. The van der Waals surface area contributed by atoms with Gasteiger partial charge >= 0.3 is 0 Å². The maximum Gasteiger partial charge on any atom is 0.261 e. The summed E-state index contributed by atoms with van der Waals surface area (Å²) in [5.41, 5.74) is 2.61. The van der Waals surface area contributed by atoms with Crippen LogP contribution in [0.25, 0.3) is 0 Å². The van der Waals surface area contributed by atoms with E-state index in [-0.39, 0.29) is 18.4 Å². The summed E-state index contributed by atoms with van der Waals surface area (Å²) in [6.45, 7) is 7.13. The molecule has 2 fully saturated rings. The number of hydrogen-bond donors (Lipinski definition) is 2. The number of benzene rings is 1. The zero-order chi connectivity index (χ0) is 18.8. The Balaban J connectivity index is 1.82. The molecule has 0 bridgehead atoms. The molecule has 138 valence electrons. The minimum atomic E-state index is -0.823. The van der Waals surface area contributed by atoms with Crippen molar-refractivity contribution in [3.05, 3.63) is 41.6 Å². The third-order valence-corrected chi connectivity index (χ3v) is 5.04. The Kier molecular flexibility index (Phi) is 5.08. The molecular formula is C19H23N3O4. The van der Waals surface area contributed by atoms with E-state index >= 15 is 0 Å². The standard InChI is InChI=1S/C19H23N3O4/c1-12-3-5-15(21-8-14(9-21)10-23)7-16(12)19(26)22(11-24)17-6-4-13(2)20-18(17)25/h3,5,7,11,14,17,23H,2,4,6,8-10H2,1H3,(H,20,25). The molecule has 3 amide bonds. The first-order valence-corrected chi connectivity index (χ1v) is 8.67. The van der Waals surface area contributed by atoms with Crippen molar-refractivity contribution in [3.8, 4) is 0 Å². The maximum absolute atomic E-state index is 13.0. The molecule has 0 spiro atoms. The van der Waals surface area contributed by atoms with E-state index in [1.807, 2.05) is 12.1 Å². The van der Waals surface area contributed by atoms with Crippen molar-refractivity contribution >= 4 is 23.9 Å². The van der Waals surface area contributed by atoms with Crippen molar-refractivity contribution in [2.45, 2.75) is 25.8 Å². The smallest absolute Gasteiger partial charge is 0.261 e. The van der Waals surface area contributed by atoms with Crippen molar-refractivity contribution in [1.82, 2.24) is 10.2 Å². The van der Waals surface area contributed by atoms with Gasteiger partial charge in [0, 0.05) is 42.6 Å². The fourth-order valence-corrected chi connectivity index (χ4v) is 3.36. The van der Waals surface area contributed by atoms with E-state index in [1.54, 1.807) is 13.0 Å². The van der Waals surface area contributed by atoms with Gasteiger partial charge in [0.05, 0.1) is 0 Å². The Morgan fingerprint density at radius 1 is 1.46 bits per heavy atom. The Morgan fingerprint density at radius 3 is 2.81 bits per heavy atom. The largest absolute Gasteiger partial charge is 0.396 e. The molecule has 7 heteroatoms. The number of nitrogens with zero attached hydrogens (tertiary/aromatic N) is 2. The minimum Gasteiger partial charge on any atom is -0.396 e. The molecule has 2 heterocycles. The number of anilines is 1. The lowest BCUT2D eigenvalue weighted by Gasteiger charge is -2.40. The zero-order valence-electron chi connectivity index (χ0n) is 14.8. The molecule has 2 aliphatic rings. The molecule has 1 atom stereocenters. The van der Waals surface area contributed by atoms with Crippen molar-refractivity contribution in [2.75, 3.05) is 24.6 Å². The lowest BCUT2D eigenvalue weighted by molar-refractivity contribution is -0.131. The van der Waals surface area contributed by atoms with Gasteiger partial charge in [-0.2, -0.15) is 0 Å². The van der Waals surface area contributed by atoms with Gasteiger partial charge in [-0.25, -0.2) is 0 Å². The van der Waals surface area contributed by atoms with E-state index in [2.05, 4.69) is 16.8 Å². The van der Waals surface area contributed by atoms with Crippen LogP contribution in [0.2, 0.25) is 0 Å². The van der Waals surface area contributed by atoms with Crippen molar-refractivity contribution < 1.29 is 19.5 Å².